The molecular weight excluding hydrogens is 274 g/mol. The average molecular weight is 299 g/mol. The number of nitrogens with zero attached hydrogens (tertiary/aromatic N) is 1. The summed E-state index contributed by atoms with van der Waals surface area (Å²) in [5.74, 6) is 0. The van der Waals surface area contributed by atoms with Crippen molar-refractivity contribution in [2.45, 2.75) is 40.5 Å². The van der Waals surface area contributed by atoms with Crippen molar-refractivity contribution in [1.82, 2.24) is 15.6 Å². The van der Waals surface area contributed by atoms with Gasteiger partial charge < -0.3 is 15.7 Å². The lowest BCUT2D eigenvalue weighted by atomic mass is 9.90. The van der Waals surface area contributed by atoms with Gasteiger partial charge in [-0.3, -0.25) is 0 Å². The molecular formula is C14H25N3O2S. The molecule has 5 nitrogen and oxygen atoms in total. The molecule has 0 aliphatic rings. The van der Waals surface area contributed by atoms with E-state index >= 15 is 0 Å². The van der Waals surface area contributed by atoms with Gasteiger partial charge in [-0.1, -0.05) is 13.8 Å². The first kappa shape index (κ1) is 16.9. The molecule has 6 heteroatoms. The zero-order valence-corrected chi connectivity index (χ0v) is 13.6. The van der Waals surface area contributed by atoms with E-state index in [1.165, 1.54) is 4.88 Å². The van der Waals surface area contributed by atoms with E-state index in [0.717, 1.165) is 17.1 Å². The molecule has 0 bridgehead atoms. The molecule has 1 aromatic rings. The third-order valence-electron chi connectivity index (χ3n) is 3.21. The third kappa shape index (κ3) is 5.88. The fourth-order valence-electron chi connectivity index (χ4n) is 1.70. The molecule has 114 valence electrons. The van der Waals surface area contributed by atoms with Crippen LogP contribution in [0.3, 0.4) is 0 Å². The average Bonchev–Trinajstić information content (AvgIpc) is 2.66. The SMILES string of the molecule is Cc1nc(CCNC(=O)NCC(C)(C)CCO)sc1C. The lowest BCUT2D eigenvalue weighted by molar-refractivity contribution is 0.201. The molecule has 0 radical (unpaired) electrons. The highest BCUT2D eigenvalue weighted by atomic mass is 32.1. The minimum absolute atomic E-state index is 0.0877. The van der Waals surface area contributed by atoms with Crippen molar-refractivity contribution >= 4 is 17.4 Å². The van der Waals surface area contributed by atoms with Crippen LogP contribution in [0.25, 0.3) is 0 Å². The van der Waals surface area contributed by atoms with E-state index in [2.05, 4.69) is 22.5 Å². The normalized spacial score (nSPS) is 11.4. The fourth-order valence-corrected chi connectivity index (χ4v) is 2.64. The van der Waals surface area contributed by atoms with E-state index in [1.807, 2.05) is 20.8 Å². The lowest BCUT2D eigenvalue weighted by Crippen LogP contribution is -2.41. The lowest BCUT2D eigenvalue weighted by Gasteiger charge is -2.23. The van der Waals surface area contributed by atoms with Crippen LogP contribution in [0.15, 0.2) is 0 Å². The van der Waals surface area contributed by atoms with Crippen LogP contribution in [0.4, 0.5) is 4.79 Å². The first-order valence-corrected chi connectivity index (χ1v) is 7.71. The van der Waals surface area contributed by atoms with Crippen molar-refractivity contribution in [3.63, 3.8) is 0 Å². The number of carbonyl (C=O) groups excluding carboxylic acids is 1. The Morgan fingerprint density at radius 2 is 2.05 bits per heavy atom. The Kier molecular flexibility index (Phi) is 6.42. The van der Waals surface area contributed by atoms with E-state index in [1.54, 1.807) is 11.3 Å². The number of nitrogens with one attached hydrogen (secondary N) is 2. The molecule has 0 saturated heterocycles. The van der Waals surface area contributed by atoms with Gasteiger partial charge in [0.05, 0.1) is 10.7 Å². The second-order valence-corrected chi connectivity index (χ2v) is 7.03. The van der Waals surface area contributed by atoms with E-state index in [4.69, 9.17) is 5.11 Å². The first-order valence-electron chi connectivity index (χ1n) is 6.89. The minimum atomic E-state index is -0.166. The molecule has 3 N–H and O–H groups in total. The molecule has 0 spiro atoms. The number of thiazole rings is 1. The Labute approximate surface area is 124 Å². The standard InChI is InChI=1S/C14H25N3O2S/c1-10-11(2)20-12(17-10)5-7-15-13(19)16-9-14(3,4)6-8-18/h18H,5-9H2,1-4H3,(H2,15,16,19). The summed E-state index contributed by atoms with van der Waals surface area (Å²) in [5, 5.41) is 15.6. The maximum Gasteiger partial charge on any atom is 0.314 e. The van der Waals surface area contributed by atoms with Crippen LogP contribution in [0.1, 0.15) is 35.8 Å². The van der Waals surface area contributed by atoms with E-state index in [9.17, 15) is 4.79 Å². The van der Waals surface area contributed by atoms with Gasteiger partial charge in [-0.05, 0) is 25.7 Å². The van der Waals surface area contributed by atoms with Crippen LogP contribution in [0.5, 0.6) is 0 Å². The number of hydrogen-bond acceptors (Lipinski definition) is 4. The van der Waals surface area contributed by atoms with E-state index in [0.29, 0.717) is 19.5 Å². The second-order valence-electron chi connectivity index (χ2n) is 5.75. The van der Waals surface area contributed by atoms with Crippen molar-refractivity contribution in [2.24, 2.45) is 5.41 Å². The molecule has 0 fully saturated rings. The molecule has 0 aliphatic carbocycles. The molecule has 0 atom stereocenters. The number of aryl methyl sites for hydroxylation is 2. The Balaban J connectivity index is 2.23. The highest BCUT2D eigenvalue weighted by molar-refractivity contribution is 7.11. The van der Waals surface area contributed by atoms with Gasteiger partial charge in [-0.2, -0.15) is 0 Å². The minimum Gasteiger partial charge on any atom is -0.396 e. The summed E-state index contributed by atoms with van der Waals surface area (Å²) in [4.78, 5) is 17.3. The quantitative estimate of drug-likeness (QED) is 0.721. The third-order valence-corrected chi connectivity index (χ3v) is 4.35. The first-order chi connectivity index (χ1) is 9.34. The van der Waals surface area contributed by atoms with Crippen molar-refractivity contribution in [1.29, 1.82) is 0 Å². The van der Waals surface area contributed by atoms with Gasteiger partial charge in [-0.15, -0.1) is 11.3 Å². The summed E-state index contributed by atoms with van der Waals surface area (Å²) in [6.45, 7) is 9.36. The molecule has 1 heterocycles. The van der Waals surface area contributed by atoms with Crippen LogP contribution in [0.2, 0.25) is 0 Å². The number of urea groups is 1. The van der Waals surface area contributed by atoms with E-state index < -0.39 is 0 Å². The van der Waals surface area contributed by atoms with Gasteiger partial charge in [-0.25, -0.2) is 9.78 Å². The van der Waals surface area contributed by atoms with Crippen LogP contribution < -0.4 is 10.6 Å². The second kappa shape index (κ2) is 7.59. The highest BCUT2D eigenvalue weighted by Gasteiger charge is 2.17. The maximum absolute atomic E-state index is 11.7. The zero-order valence-electron chi connectivity index (χ0n) is 12.7. The van der Waals surface area contributed by atoms with Crippen molar-refractivity contribution in [2.75, 3.05) is 19.7 Å². The Bertz CT molecular complexity index is 424. The summed E-state index contributed by atoms with van der Waals surface area (Å²) in [6.07, 6.45) is 1.43. The largest absolute Gasteiger partial charge is 0.396 e. The highest BCUT2D eigenvalue weighted by Crippen LogP contribution is 2.18. The van der Waals surface area contributed by atoms with E-state index in [-0.39, 0.29) is 18.1 Å². The molecule has 0 unspecified atom stereocenters. The summed E-state index contributed by atoms with van der Waals surface area (Å²) in [6, 6.07) is -0.166. The van der Waals surface area contributed by atoms with Gasteiger partial charge in [0, 0.05) is 31.0 Å². The van der Waals surface area contributed by atoms with Crippen molar-refractivity contribution < 1.29 is 9.90 Å². The molecule has 0 saturated carbocycles. The fraction of sp³-hybridized carbons (Fsp3) is 0.714. The smallest absolute Gasteiger partial charge is 0.314 e. The van der Waals surface area contributed by atoms with Crippen LogP contribution >= 0.6 is 11.3 Å². The van der Waals surface area contributed by atoms with Crippen molar-refractivity contribution in [3.05, 3.63) is 15.6 Å². The predicted octanol–water partition coefficient (Wildman–Crippen LogP) is 2.01. The van der Waals surface area contributed by atoms with Gasteiger partial charge in [0.15, 0.2) is 0 Å². The molecule has 1 rings (SSSR count). The van der Waals surface area contributed by atoms with Gasteiger partial charge in [0.25, 0.3) is 0 Å². The number of aromatic nitrogens is 1. The predicted molar refractivity (Wildman–Crippen MR) is 82.2 cm³/mol. The molecule has 2 amide bonds. The summed E-state index contributed by atoms with van der Waals surface area (Å²) in [5.41, 5.74) is 0.982. The number of aliphatic hydroxyl groups is 1. The zero-order chi connectivity index (χ0) is 15.2. The van der Waals surface area contributed by atoms with Crippen LogP contribution in [-0.4, -0.2) is 35.8 Å². The molecule has 0 aromatic carbocycles. The van der Waals surface area contributed by atoms with Gasteiger partial charge in [0.2, 0.25) is 0 Å². The summed E-state index contributed by atoms with van der Waals surface area (Å²) in [7, 11) is 0. The Hall–Kier alpha value is -1.14. The molecule has 20 heavy (non-hydrogen) atoms. The van der Waals surface area contributed by atoms with Gasteiger partial charge in [0.1, 0.15) is 0 Å². The Morgan fingerprint density at radius 3 is 2.60 bits per heavy atom. The van der Waals surface area contributed by atoms with Crippen LogP contribution in [-0.2, 0) is 6.42 Å². The van der Waals surface area contributed by atoms with Gasteiger partial charge >= 0.3 is 6.03 Å². The maximum atomic E-state index is 11.7. The molecule has 0 aliphatic heterocycles. The molecule has 1 aromatic heterocycles. The number of hydrogen-bond donors (Lipinski definition) is 3. The van der Waals surface area contributed by atoms with Crippen LogP contribution in [0, 0.1) is 19.3 Å². The number of aliphatic hydroxyl groups excluding tert-OH is 1. The topological polar surface area (TPSA) is 74.2 Å². The summed E-state index contributed by atoms with van der Waals surface area (Å²) >= 11 is 1.68. The Morgan fingerprint density at radius 1 is 1.35 bits per heavy atom. The monoisotopic (exact) mass is 299 g/mol. The number of amides is 2. The van der Waals surface area contributed by atoms with Crippen molar-refractivity contribution in [3.8, 4) is 0 Å². The number of rotatable bonds is 7. The summed E-state index contributed by atoms with van der Waals surface area (Å²) < 4.78 is 0. The number of carbonyl (C=O) groups is 1.